The molecule has 3 nitrogen and oxygen atoms in total. The van der Waals surface area contributed by atoms with Crippen molar-refractivity contribution in [2.75, 3.05) is 18.4 Å². The highest BCUT2D eigenvalue weighted by Crippen LogP contribution is 2.23. The molecule has 2 aromatic rings. The van der Waals surface area contributed by atoms with E-state index in [0.29, 0.717) is 0 Å². The zero-order valence-corrected chi connectivity index (χ0v) is 15.5. The molecule has 0 saturated carbocycles. The molecule has 2 aromatic carbocycles. The molecule has 132 valence electrons. The Morgan fingerprint density at radius 1 is 1.04 bits per heavy atom. The van der Waals surface area contributed by atoms with Gasteiger partial charge < -0.3 is 5.32 Å². The first kappa shape index (κ1) is 17.7. The Morgan fingerprint density at radius 2 is 1.76 bits per heavy atom. The van der Waals surface area contributed by atoms with Gasteiger partial charge in [-0.3, -0.25) is 9.69 Å². The number of nitrogens with one attached hydrogen (secondary N) is 1. The number of piperidine rings is 1. The summed E-state index contributed by atoms with van der Waals surface area (Å²) in [4.78, 5) is 15.1. The van der Waals surface area contributed by atoms with Crippen LogP contribution in [0.3, 0.4) is 0 Å². The molecule has 1 fully saturated rings. The third-order valence-corrected chi connectivity index (χ3v) is 5.25. The van der Waals surface area contributed by atoms with Crippen molar-refractivity contribution in [1.82, 2.24) is 4.90 Å². The molecule has 0 aliphatic carbocycles. The summed E-state index contributed by atoms with van der Waals surface area (Å²) in [6.45, 7) is 9.24. The summed E-state index contributed by atoms with van der Waals surface area (Å²) in [5.41, 5.74) is 6.03. The molecule has 1 aliphatic heterocycles. The topological polar surface area (TPSA) is 32.3 Å². The summed E-state index contributed by atoms with van der Waals surface area (Å²) in [6.07, 6.45) is 1.87. The van der Waals surface area contributed by atoms with Crippen LogP contribution in [0.15, 0.2) is 42.5 Å². The summed E-state index contributed by atoms with van der Waals surface area (Å²) in [7, 11) is 0. The normalized spacial score (nSPS) is 16.0. The van der Waals surface area contributed by atoms with Crippen molar-refractivity contribution in [3.8, 4) is 0 Å². The van der Waals surface area contributed by atoms with Crippen molar-refractivity contribution in [2.45, 2.75) is 40.2 Å². The van der Waals surface area contributed by atoms with E-state index in [1.807, 2.05) is 19.1 Å². The predicted molar refractivity (Wildman–Crippen MR) is 104 cm³/mol. The van der Waals surface area contributed by atoms with Crippen LogP contribution in [0.1, 0.15) is 35.1 Å². The maximum atomic E-state index is 12.6. The number of aryl methyl sites for hydroxylation is 3. The Hall–Kier alpha value is -2.13. The van der Waals surface area contributed by atoms with Crippen LogP contribution in [-0.2, 0) is 11.3 Å². The van der Waals surface area contributed by atoms with Crippen molar-refractivity contribution in [3.05, 3.63) is 64.7 Å². The molecular formula is C22H28N2O. The van der Waals surface area contributed by atoms with Gasteiger partial charge >= 0.3 is 0 Å². The molecule has 3 rings (SSSR count). The number of anilines is 1. The third-order valence-electron chi connectivity index (χ3n) is 5.25. The lowest BCUT2D eigenvalue weighted by atomic mass is 9.95. The number of likely N-dealkylation sites (tertiary alicyclic amines) is 1. The van der Waals surface area contributed by atoms with Gasteiger partial charge in [0, 0.05) is 18.2 Å². The van der Waals surface area contributed by atoms with Crippen molar-refractivity contribution < 1.29 is 4.79 Å². The van der Waals surface area contributed by atoms with Crippen LogP contribution in [0, 0.1) is 26.7 Å². The SMILES string of the molecule is Cc1ccc(NC(=O)C2CCN(Cc3ccccc3C)CC2)c(C)c1. The van der Waals surface area contributed by atoms with E-state index in [2.05, 4.69) is 54.4 Å². The van der Waals surface area contributed by atoms with Crippen LogP contribution in [0.5, 0.6) is 0 Å². The lowest BCUT2D eigenvalue weighted by Gasteiger charge is -2.31. The molecule has 0 aromatic heterocycles. The quantitative estimate of drug-likeness (QED) is 0.894. The number of benzene rings is 2. The first-order chi connectivity index (χ1) is 12.0. The van der Waals surface area contributed by atoms with E-state index < -0.39 is 0 Å². The second kappa shape index (κ2) is 7.83. The van der Waals surface area contributed by atoms with Gasteiger partial charge in [-0.2, -0.15) is 0 Å². The standard InChI is InChI=1S/C22H28N2O/c1-16-8-9-21(18(3)14-16)23-22(25)19-10-12-24(13-11-19)15-20-7-5-4-6-17(20)2/h4-9,14,19H,10-13,15H2,1-3H3,(H,23,25). The monoisotopic (exact) mass is 336 g/mol. The first-order valence-electron chi connectivity index (χ1n) is 9.18. The molecule has 1 saturated heterocycles. The minimum Gasteiger partial charge on any atom is -0.326 e. The number of hydrogen-bond donors (Lipinski definition) is 1. The lowest BCUT2D eigenvalue weighted by Crippen LogP contribution is -2.38. The molecular weight excluding hydrogens is 308 g/mol. The van der Waals surface area contributed by atoms with Crippen LogP contribution in [0.2, 0.25) is 0 Å². The van der Waals surface area contributed by atoms with Gasteiger partial charge in [0.25, 0.3) is 0 Å². The van der Waals surface area contributed by atoms with Gasteiger partial charge in [0.05, 0.1) is 0 Å². The first-order valence-corrected chi connectivity index (χ1v) is 9.18. The predicted octanol–water partition coefficient (Wildman–Crippen LogP) is 4.46. The highest BCUT2D eigenvalue weighted by Gasteiger charge is 2.25. The number of carbonyl (C=O) groups is 1. The molecule has 1 N–H and O–H groups in total. The summed E-state index contributed by atoms with van der Waals surface area (Å²) in [5.74, 6) is 0.288. The largest absolute Gasteiger partial charge is 0.326 e. The van der Waals surface area contributed by atoms with E-state index in [9.17, 15) is 4.79 Å². The lowest BCUT2D eigenvalue weighted by molar-refractivity contribution is -0.121. The molecule has 25 heavy (non-hydrogen) atoms. The summed E-state index contributed by atoms with van der Waals surface area (Å²) in [5, 5.41) is 3.12. The van der Waals surface area contributed by atoms with E-state index in [-0.39, 0.29) is 11.8 Å². The fourth-order valence-corrected chi connectivity index (χ4v) is 3.57. The Kier molecular flexibility index (Phi) is 5.54. The van der Waals surface area contributed by atoms with E-state index in [1.54, 1.807) is 0 Å². The number of carbonyl (C=O) groups excluding carboxylic acids is 1. The van der Waals surface area contributed by atoms with E-state index in [4.69, 9.17) is 0 Å². The Morgan fingerprint density at radius 3 is 2.44 bits per heavy atom. The average Bonchev–Trinajstić information content (AvgIpc) is 2.60. The Labute approximate surface area is 151 Å². The van der Waals surface area contributed by atoms with Gasteiger partial charge in [-0.1, -0.05) is 42.0 Å². The number of amides is 1. The average molecular weight is 336 g/mol. The Balaban J connectivity index is 1.53. The third kappa shape index (κ3) is 4.49. The van der Waals surface area contributed by atoms with Gasteiger partial charge in [0.1, 0.15) is 0 Å². The fraction of sp³-hybridized carbons (Fsp3) is 0.409. The highest BCUT2D eigenvalue weighted by molar-refractivity contribution is 5.93. The number of hydrogen-bond acceptors (Lipinski definition) is 2. The van der Waals surface area contributed by atoms with Gasteiger partial charge in [-0.05, 0) is 69.5 Å². The summed E-state index contributed by atoms with van der Waals surface area (Å²) >= 11 is 0. The number of nitrogens with zero attached hydrogens (tertiary/aromatic N) is 1. The molecule has 0 spiro atoms. The van der Waals surface area contributed by atoms with Gasteiger partial charge in [0.2, 0.25) is 5.91 Å². The van der Waals surface area contributed by atoms with E-state index in [0.717, 1.165) is 43.7 Å². The van der Waals surface area contributed by atoms with E-state index >= 15 is 0 Å². The van der Waals surface area contributed by atoms with Crippen molar-refractivity contribution >= 4 is 11.6 Å². The van der Waals surface area contributed by atoms with Crippen molar-refractivity contribution in [3.63, 3.8) is 0 Å². The molecule has 1 heterocycles. The van der Waals surface area contributed by atoms with Crippen LogP contribution < -0.4 is 5.32 Å². The minimum absolute atomic E-state index is 0.119. The second-order valence-corrected chi connectivity index (χ2v) is 7.28. The van der Waals surface area contributed by atoms with Crippen LogP contribution in [-0.4, -0.2) is 23.9 Å². The molecule has 1 amide bonds. The molecule has 0 unspecified atom stereocenters. The van der Waals surface area contributed by atoms with Crippen molar-refractivity contribution in [1.29, 1.82) is 0 Å². The van der Waals surface area contributed by atoms with Crippen molar-refractivity contribution in [2.24, 2.45) is 5.92 Å². The second-order valence-electron chi connectivity index (χ2n) is 7.28. The summed E-state index contributed by atoms with van der Waals surface area (Å²) < 4.78 is 0. The van der Waals surface area contributed by atoms with Crippen LogP contribution in [0.4, 0.5) is 5.69 Å². The van der Waals surface area contributed by atoms with Crippen LogP contribution >= 0.6 is 0 Å². The van der Waals surface area contributed by atoms with E-state index in [1.165, 1.54) is 16.7 Å². The maximum absolute atomic E-state index is 12.6. The highest BCUT2D eigenvalue weighted by atomic mass is 16.1. The summed E-state index contributed by atoms with van der Waals surface area (Å²) in [6, 6.07) is 14.7. The van der Waals surface area contributed by atoms with Gasteiger partial charge in [-0.15, -0.1) is 0 Å². The van der Waals surface area contributed by atoms with Gasteiger partial charge in [-0.25, -0.2) is 0 Å². The molecule has 1 aliphatic rings. The fourth-order valence-electron chi connectivity index (χ4n) is 3.57. The molecule has 0 radical (unpaired) electrons. The smallest absolute Gasteiger partial charge is 0.227 e. The molecule has 3 heteroatoms. The Bertz CT molecular complexity index is 745. The molecule has 0 atom stereocenters. The zero-order chi connectivity index (χ0) is 17.8. The maximum Gasteiger partial charge on any atom is 0.227 e. The molecule has 0 bridgehead atoms. The van der Waals surface area contributed by atoms with Crippen LogP contribution in [0.25, 0.3) is 0 Å². The zero-order valence-electron chi connectivity index (χ0n) is 15.5. The number of rotatable bonds is 4. The van der Waals surface area contributed by atoms with Gasteiger partial charge in [0.15, 0.2) is 0 Å². The minimum atomic E-state index is 0.119.